The van der Waals surface area contributed by atoms with Crippen molar-refractivity contribution in [2.75, 3.05) is 0 Å². The maximum Gasteiger partial charge on any atom is 0.267 e. The van der Waals surface area contributed by atoms with Gasteiger partial charge in [-0.2, -0.15) is 10.2 Å². The van der Waals surface area contributed by atoms with Crippen LogP contribution in [0, 0.1) is 0 Å². The minimum atomic E-state index is -2.83. The fraction of sp³-hybridized carbons (Fsp3) is 0.357. The highest BCUT2D eigenvalue weighted by molar-refractivity contribution is 5.75. The summed E-state index contributed by atoms with van der Waals surface area (Å²) in [5.74, 6) is -2.83. The maximum atomic E-state index is 13.6. The SMILES string of the molecule is CC[C@H](n1cc(-c2nccn3nccc23)cn1)C(C)(F)F. The number of fused-ring (bicyclic) bond motifs is 1. The van der Waals surface area contributed by atoms with Gasteiger partial charge in [0, 0.05) is 31.1 Å². The van der Waals surface area contributed by atoms with E-state index in [-0.39, 0.29) is 0 Å². The van der Waals surface area contributed by atoms with Crippen LogP contribution in [0.3, 0.4) is 0 Å². The molecule has 3 heterocycles. The Hall–Kier alpha value is -2.31. The highest BCUT2D eigenvalue weighted by Gasteiger charge is 2.34. The van der Waals surface area contributed by atoms with Crippen molar-refractivity contribution in [3.8, 4) is 11.3 Å². The molecule has 0 bridgehead atoms. The van der Waals surface area contributed by atoms with Crippen LogP contribution in [0.25, 0.3) is 16.8 Å². The molecule has 1 atom stereocenters. The minimum Gasteiger partial charge on any atom is -0.263 e. The van der Waals surface area contributed by atoms with Gasteiger partial charge in [-0.25, -0.2) is 13.3 Å². The molecule has 0 aliphatic rings. The third-order valence-electron chi connectivity index (χ3n) is 3.49. The van der Waals surface area contributed by atoms with E-state index in [4.69, 9.17) is 0 Å². The lowest BCUT2D eigenvalue weighted by Crippen LogP contribution is -2.27. The molecule has 0 N–H and O–H groups in total. The van der Waals surface area contributed by atoms with Crippen molar-refractivity contribution in [3.05, 3.63) is 37.1 Å². The molecule has 21 heavy (non-hydrogen) atoms. The van der Waals surface area contributed by atoms with Gasteiger partial charge in [0.25, 0.3) is 5.92 Å². The molecule has 0 aromatic carbocycles. The van der Waals surface area contributed by atoms with Gasteiger partial charge in [-0.3, -0.25) is 9.67 Å². The fourth-order valence-electron chi connectivity index (χ4n) is 2.49. The van der Waals surface area contributed by atoms with Crippen LogP contribution in [0.4, 0.5) is 8.78 Å². The van der Waals surface area contributed by atoms with Gasteiger partial charge in [0.05, 0.1) is 23.6 Å². The van der Waals surface area contributed by atoms with Crippen LogP contribution >= 0.6 is 0 Å². The molecule has 0 aliphatic heterocycles. The van der Waals surface area contributed by atoms with Crippen molar-refractivity contribution in [3.63, 3.8) is 0 Å². The number of alkyl halides is 2. The van der Waals surface area contributed by atoms with E-state index < -0.39 is 12.0 Å². The van der Waals surface area contributed by atoms with E-state index in [9.17, 15) is 8.78 Å². The first-order chi connectivity index (χ1) is 10.0. The highest BCUT2D eigenvalue weighted by atomic mass is 19.3. The second kappa shape index (κ2) is 4.91. The highest BCUT2D eigenvalue weighted by Crippen LogP contribution is 2.32. The van der Waals surface area contributed by atoms with E-state index >= 15 is 0 Å². The Balaban J connectivity index is 2.04. The molecule has 7 heteroatoms. The molecule has 5 nitrogen and oxygen atoms in total. The van der Waals surface area contributed by atoms with Crippen molar-refractivity contribution in [1.29, 1.82) is 0 Å². The van der Waals surface area contributed by atoms with Gasteiger partial charge >= 0.3 is 0 Å². The number of hydrogen-bond acceptors (Lipinski definition) is 3. The molecule has 3 aromatic heterocycles. The summed E-state index contributed by atoms with van der Waals surface area (Å²) in [5, 5.41) is 8.22. The number of nitrogens with zero attached hydrogens (tertiary/aromatic N) is 5. The number of rotatable bonds is 4. The zero-order valence-corrected chi connectivity index (χ0v) is 11.7. The lowest BCUT2D eigenvalue weighted by atomic mass is 10.1. The van der Waals surface area contributed by atoms with E-state index in [2.05, 4.69) is 15.2 Å². The average Bonchev–Trinajstić information content (AvgIpc) is 3.05. The molecule has 0 saturated heterocycles. The maximum absolute atomic E-state index is 13.6. The molecule has 0 spiro atoms. The third kappa shape index (κ3) is 2.39. The van der Waals surface area contributed by atoms with Crippen molar-refractivity contribution >= 4 is 5.52 Å². The molecular weight excluding hydrogens is 276 g/mol. The van der Waals surface area contributed by atoms with Gasteiger partial charge in [0.15, 0.2) is 0 Å². The third-order valence-corrected chi connectivity index (χ3v) is 3.49. The monoisotopic (exact) mass is 291 g/mol. The van der Waals surface area contributed by atoms with E-state index in [1.165, 1.54) is 4.68 Å². The lowest BCUT2D eigenvalue weighted by molar-refractivity contribution is -0.0384. The topological polar surface area (TPSA) is 48.0 Å². The average molecular weight is 291 g/mol. The van der Waals surface area contributed by atoms with Crippen LogP contribution in [-0.4, -0.2) is 30.3 Å². The lowest BCUT2D eigenvalue weighted by Gasteiger charge is -2.22. The van der Waals surface area contributed by atoms with Crippen LogP contribution in [0.1, 0.15) is 26.3 Å². The minimum absolute atomic E-state index is 0.301. The Morgan fingerprint density at radius 1 is 1.29 bits per heavy atom. The van der Waals surface area contributed by atoms with Crippen molar-refractivity contribution in [2.24, 2.45) is 0 Å². The number of halogens is 2. The molecule has 0 aliphatic carbocycles. The molecule has 0 amide bonds. The Kier molecular flexibility index (Phi) is 3.19. The molecule has 110 valence electrons. The first-order valence-electron chi connectivity index (χ1n) is 6.71. The quantitative estimate of drug-likeness (QED) is 0.741. The summed E-state index contributed by atoms with van der Waals surface area (Å²) >= 11 is 0. The Labute approximate surface area is 120 Å². The Bertz CT molecular complexity index is 756. The van der Waals surface area contributed by atoms with Crippen LogP contribution in [0.15, 0.2) is 37.1 Å². The Morgan fingerprint density at radius 3 is 2.81 bits per heavy atom. The zero-order valence-electron chi connectivity index (χ0n) is 11.7. The van der Waals surface area contributed by atoms with Crippen LogP contribution < -0.4 is 0 Å². The fourth-order valence-corrected chi connectivity index (χ4v) is 2.49. The molecule has 0 saturated carbocycles. The number of aromatic nitrogens is 5. The van der Waals surface area contributed by atoms with Crippen molar-refractivity contribution < 1.29 is 8.78 Å². The van der Waals surface area contributed by atoms with Crippen LogP contribution in [-0.2, 0) is 0 Å². The first kappa shape index (κ1) is 13.7. The van der Waals surface area contributed by atoms with Gasteiger partial charge in [-0.15, -0.1) is 0 Å². The van der Waals surface area contributed by atoms with Gasteiger partial charge < -0.3 is 0 Å². The smallest absolute Gasteiger partial charge is 0.263 e. The first-order valence-corrected chi connectivity index (χ1v) is 6.71. The zero-order chi connectivity index (χ0) is 15.0. The summed E-state index contributed by atoms with van der Waals surface area (Å²) in [6, 6.07) is 0.863. The molecular formula is C14H15F2N5. The molecule has 0 radical (unpaired) electrons. The second-order valence-electron chi connectivity index (χ2n) is 5.03. The summed E-state index contributed by atoms with van der Waals surface area (Å²) in [4.78, 5) is 4.31. The van der Waals surface area contributed by atoms with Crippen LogP contribution in [0.2, 0.25) is 0 Å². The van der Waals surface area contributed by atoms with Gasteiger partial charge in [-0.05, 0) is 12.5 Å². The van der Waals surface area contributed by atoms with E-state index in [1.807, 2.05) is 6.07 Å². The van der Waals surface area contributed by atoms with Crippen molar-refractivity contribution in [2.45, 2.75) is 32.2 Å². The van der Waals surface area contributed by atoms with E-state index in [0.29, 0.717) is 17.7 Å². The van der Waals surface area contributed by atoms with Gasteiger partial charge in [0.1, 0.15) is 6.04 Å². The molecule has 3 aromatic rings. The summed E-state index contributed by atoms with van der Waals surface area (Å²) in [6.07, 6.45) is 8.50. The molecule has 0 unspecified atom stereocenters. The second-order valence-corrected chi connectivity index (χ2v) is 5.03. The predicted molar refractivity (Wildman–Crippen MR) is 74.2 cm³/mol. The van der Waals surface area contributed by atoms with Crippen molar-refractivity contribution in [1.82, 2.24) is 24.4 Å². The summed E-state index contributed by atoms with van der Waals surface area (Å²) < 4.78 is 30.2. The molecule has 3 rings (SSSR count). The summed E-state index contributed by atoms with van der Waals surface area (Å²) in [6.45, 7) is 2.64. The largest absolute Gasteiger partial charge is 0.267 e. The van der Waals surface area contributed by atoms with E-state index in [1.54, 1.807) is 42.4 Å². The normalized spacial score (nSPS) is 13.7. The molecule has 0 fully saturated rings. The summed E-state index contributed by atoms with van der Waals surface area (Å²) in [7, 11) is 0. The van der Waals surface area contributed by atoms with Gasteiger partial charge in [0.2, 0.25) is 0 Å². The standard InChI is InChI=1S/C14H15F2N5/c1-3-12(14(2,15)16)21-9-10(8-19-21)13-11-4-5-18-20(11)7-6-17-13/h4-9,12H,3H2,1-2H3/t12-/m0/s1. The van der Waals surface area contributed by atoms with E-state index in [0.717, 1.165) is 12.4 Å². The predicted octanol–water partition coefficient (Wildman–Crippen LogP) is 3.20. The summed E-state index contributed by atoms with van der Waals surface area (Å²) in [5.41, 5.74) is 2.19. The van der Waals surface area contributed by atoms with Crippen LogP contribution in [0.5, 0.6) is 0 Å². The Morgan fingerprint density at radius 2 is 2.10 bits per heavy atom. The number of hydrogen-bond donors (Lipinski definition) is 0. The van der Waals surface area contributed by atoms with Gasteiger partial charge in [-0.1, -0.05) is 6.92 Å².